The lowest BCUT2D eigenvalue weighted by molar-refractivity contribution is 0.220. The van der Waals surface area contributed by atoms with E-state index in [1.165, 1.54) is 0 Å². The van der Waals surface area contributed by atoms with Crippen molar-refractivity contribution in [1.29, 1.82) is 0 Å². The number of aliphatic hydroxyl groups is 1. The fourth-order valence-corrected chi connectivity index (χ4v) is 2.20. The lowest BCUT2D eigenvalue weighted by Crippen LogP contribution is -2.00. The highest BCUT2D eigenvalue weighted by Crippen LogP contribution is 2.24. The van der Waals surface area contributed by atoms with Gasteiger partial charge in [0.15, 0.2) is 0 Å². The first-order chi connectivity index (χ1) is 9.74. The standard InChI is InChI=1S/C16H13ClN2O/c17-14-5-1-12(2-6-14)16(20)13-3-7-15(8-4-13)19-10-9-18-11-19/h1-11,16,20H/t16-/m0/s1. The van der Waals surface area contributed by atoms with Crippen LogP contribution in [0.5, 0.6) is 0 Å². The summed E-state index contributed by atoms with van der Waals surface area (Å²) in [6.07, 6.45) is 4.70. The average Bonchev–Trinajstić information content (AvgIpc) is 3.02. The molecule has 1 N–H and O–H groups in total. The van der Waals surface area contributed by atoms with Crippen LogP contribution in [0.25, 0.3) is 5.69 Å². The molecule has 0 unspecified atom stereocenters. The van der Waals surface area contributed by atoms with E-state index >= 15 is 0 Å². The number of benzene rings is 2. The van der Waals surface area contributed by atoms with E-state index in [1.807, 2.05) is 47.2 Å². The summed E-state index contributed by atoms with van der Waals surface area (Å²) in [7, 11) is 0. The van der Waals surface area contributed by atoms with Crippen LogP contribution in [0.15, 0.2) is 67.3 Å². The van der Waals surface area contributed by atoms with Crippen LogP contribution >= 0.6 is 11.6 Å². The minimum absolute atomic E-state index is 0.649. The van der Waals surface area contributed by atoms with Crippen molar-refractivity contribution in [2.75, 3.05) is 0 Å². The number of aliphatic hydroxyl groups excluding tert-OH is 1. The molecule has 1 atom stereocenters. The van der Waals surface area contributed by atoms with Gasteiger partial charge in [-0.25, -0.2) is 4.98 Å². The van der Waals surface area contributed by atoms with Gasteiger partial charge in [-0.2, -0.15) is 0 Å². The maximum absolute atomic E-state index is 10.3. The molecule has 0 saturated carbocycles. The van der Waals surface area contributed by atoms with E-state index in [0.717, 1.165) is 16.8 Å². The highest BCUT2D eigenvalue weighted by atomic mass is 35.5. The van der Waals surface area contributed by atoms with Crippen LogP contribution in [0.2, 0.25) is 5.02 Å². The van der Waals surface area contributed by atoms with Crippen LogP contribution in [0.4, 0.5) is 0 Å². The third-order valence-corrected chi connectivity index (χ3v) is 3.45. The molecule has 20 heavy (non-hydrogen) atoms. The van der Waals surface area contributed by atoms with Crippen LogP contribution in [0.3, 0.4) is 0 Å². The molecule has 3 aromatic rings. The second-order valence-electron chi connectivity index (χ2n) is 4.52. The molecule has 0 fully saturated rings. The molecule has 0 spiro atoms. The minimum atomic E-state index is -0.649. The molecule has 4 heteroatoms. The highest BCUT2D eigenvalue weighted by Gasteiger charge is 2.10. The molecule has 0 amide bonds. The summed E-state index contributed by atoms with van der Waals surface area (Å²) < 4.78 is 1.92. The first-order valence-corrected chi connectivity index (χ1v) is 6.63. The Morgan fingerprint density at radius 2 is 1.55 bits per heavy atom. The summed E-state index contributed by atoms with van der Waals surface area (Å²) >= 11 is 5.85. The Kier molecular flexibility index (Phi) is 3.54. The Bertz CT molecular complexity index is 676. The number of rotatable bonds is 3. The Morgan fingerprint density at radius 3 is 2.10 bits per heavy atom. The number of hydrogen-bond donors (Lipinski definition) is 1. The smallest absolute Gasteiger partial charge is 0.104 e. The Labute approximate surface area is 122 Å². The van der Waals surface area contributed by atoms with Gasteiger partial charge in [0.05, 0.1) is 6.33 Å². The predicted molar refractivity (Wildman–Crippen MR) is 79.1 cm³/mol. The largest absolute Gasteiger partial charge is 0.384 e. The molecule has 0 aliphatic carbocycles. The van der Waals surface area contributed by atoms with Crippen molar-refractivity contribution in [1.82, 2.24) is 9.55 Å². The molecule has 3 rings (SSSR count). The zero-order valence-corrected chi connectivity index (χ0v) is 11.4. The van der Waals surface area contributed by atoms with Crippen LogP contribution < -0.4 is 0 Å². The molecule has 0 radical (unpaired) electrons. The second-order valence-corrected chi connectivity index (χ2v) is 4.95. The Hall–Kier alpha value is -2.10. The number of aromatic nitrogens is 2. The van der Waals surface area contributed by atoms with Crippen LogP contribution in [-0.2, 0) is 0 Å². The molecule has 0 aliphatic rings. The van der Waals surface area contributed by atoms with Crippen molar-refractivity contribution in [3.63, 3.8) is 0 Å². The van der Waals surface area contributed by atoms with E-state index in [1.54, 1.807) is 24.7 Å². The molecule has 0 saturated heterocycles. The Balaban J connectivity index is 1.85. The molecule has 3 nitrogen and oxygen atoms in total. The molecular weight excluding hydrogens is 272 g/mol. The van der Waals surface area contributed by atoms with Crippen molar-refractivity contribution < 1.29 is 5.11 Å². The first kappa shape index (κ1) is 12.9. The van der Waals surface area contributed by atoms with Gasteiger partial charge in [-0.1, -0.05) is 35.9 Å². The van der Waals surface area contributed by atoms with Crippen molar-refractivity contribution in [2.24, 2.45) is 0 Å². The fourth-order valence-electron chi connectivity index (χ4n) is 2.08. The summed E-state index contributed by atoms with van der Waals surface area (Å²) in [5, 5.41) is 11.0. The van der Waals surface area contributed by atoms with E-state index in [4.69, 9.17) is 11.6 Å². The molecule has 1 aromatic heterocycles. The SMILES string of the molecule is O[C@@H](c1ccc(Cl)cc1)c1ccc(-n2ccnc2)cc1. The van der Waals surface area contributed by atoms with E-state index in [-0.39, 0.29) is 0 Å². The predicted octanol–water partition coefficient (Wildman–Crippen LogP) is 3.61. The monoisotopic (exact) mass is 284 g/mol. The fraction of sp³-hybridized carbons (Fsp3) is 0.0625. The number of nitrogens with zero attached hydrogens (tertiary/aromatic N) is 2. The number of hydrogen-bond acceptors (Lipinski definition) is 2. The van der Waals surface area contributed by atoms with E-state index in [2.05, 4.69) is 4.98 Å². The highest BCUT2D eigenvalue weighted by molar-refractivity contribution is 6.30. The molecule has 0 aliphatic heterocycles. The summed E-state index contributed by atoms with van der Waals surface area (Å²) in [4.78, 5) is 4.01. The van der Waals surface area contributed by atoms with Crippen LogP contribution in [-0.4, -0.2) is 14.7 Å². The molecule has 0 bridgehead atoms. The van der Waals surface area contributed by atoms with E-state index in [0.29, 0.717) is 5.02 Å². The maximum Gasteiger partial charge on any atom is 0.104 e. The van der Waals surface area contributed by atoms with Crippen molar-refractivity contribution in [3.8, 4) is 5.69 Å². The van der Waals surface area contributed by atoms with Crippen LogP contribution in [0.1, 0.15) is 17.2 Å². The van der Waals surface area contributed by atoms with Gasteiger partial charge in [0.2, 0.25) is 0 Å². The van der Waals surface area contributed by atoms with Gasteiger partial charge in [0.1, 0.15) is 6.10 Å². The molecule has 2 aromatic carbocycles. The van der Waals surface area contributed by atoms with Gasteiger partial charge in [-0.05, 0) is 35.4 Å². The van der Waals surface area contributed by atoms with Crippen molar-refractivity contribution in [2.45, 2.75) is 6.10 Å². The lowest BCUT2D eigenvalue weighted by Gasteiger charge is -2.12. The lowest BCUT2D eigenvalue weighted by atomic mass is 10.0. The van der Waals surface area contributed by atoms with Gasteiger partial charge in [0, 0.05) is 23.1 Å². The summed E-state index contributed by atoms with van der Waals surface area (Å²) in [5.41, 5.74) is 2.68. The normalized spacial score (nSPS) is 12.3. The van der Waals surface area contributed by atoms with Gasteiger partial charge >= 0.3 is 0 Å². The maximum atomic E-state index is 10.3. The second kappa shape index (κ2) is 5.49. The van der Waals surface area contributed by atoms with Gasteiger partial charge in [-0.15, -0.1) is 0 Å². The summed E-state index contributed by atoms with van der Waals surface area (Å²) in [6, 6.07) is 14.9. The first-order valence-electron chi connectivity index (χ1n) is 6.26. The quantitative estimate of drug-likeness (QED) is 0.798. The molecule has 1 heterocycles. The van der Waals surface area contributed by atoms with Gasteiger partial charge < -0.3 is 9.67 Å². The van der Waals surface area contributed by atoms with Gasteiger partial charge in [0.25, 0.3) is 0 Å². The van der Waals surface area contributed by atoms with Crippen molar-refractivity contribution >= 4 is 11.6 Å². The third kappa shape index (κ3) is 2.59. The van der Waals surface area contributed by atoms with Gasteiger partial charge in [-0.3, -0.25) is 0 Å². The topological polar surface area (TPSA) is 38.0 Å². The molecular formula is C16H13ClN2O. The van der Waals surface area contributed by atoms with E-state index in [9.17, 15) is 5.11 Å². The van der Waals surface area contributed by atoms with Crippen molar-refractivity contribution in [3.05, 3.63) is 83.4 Å². The zero-order chi connectivity index (χ0) is 13.9. The zero-order valence-electron chi connectivity index (χ0n) is 10.6. The summed E-state index contributed by atoms with van der Waals surface area (Å²) in [6.45, 7) is 0. The third-order valence-electron chi connectivity index (χ3n) is 3.20. The number of imidazole rings is 1. The summed E-state index contributed by atoms with van der Waals surface area (Å²) in [5.74, 6) is 0. The number of halogens is 1. The van der Waals surface area contributed by atoms with E-state index < -0.39 is 6.10 Å². The Morgan fingerprint density at radius 1 is 0.950 bits per heavy atom. The molecule has 100 valence electrons. The van der Waals surface area contributed by atoms with Crippen LogP contribution in [0, 0.1) is 0 Å². The minimum Gasteiger partial charge on any atom is -0.384 e. The average molecular weight is 285 g/mol.